The number of nitrogens with zero attached hydrogens (tertiary/aromatic N) is 1. The number of aliphatic imine (C=N–C) groups is 1. The van der Waals surface area contributed by atoms with E-state index >= 15 is 0 Å². The van der Waals surface area contributed by atoms with Crippen molar-refractivity contribution < 1.29 is 0 Å². The highest BCUT2D eigenvalue weighted by atomic mass is 79.9. The molecular formula is C15H19BrN2S. The van der Waals surface area contributed by atoms with Crippen LogP contribution < -0.4 is 5.32 Å². The minimum absolute atomic E-state index is 0.563. The SMILES string of the molecule is Cc1cc(Br)ccc1NC1=NC2CCCCC2CS1. The fourth-order valence-electron chi connectivity index (χ4n) is 2.88. The lowest BCUT2D eigenvalue weighted by Crippen LogP contribution is -2.31. The van der Waals surface area contributed by atoms with Gasteiger partial charge in [0.25, 0.3) is 0 Å². The number of amidine groups is 1. The van der Waals surface area contributed by atoms with E-state index in [1.54, 1.807) is 0 Å². The highest BCUT2D eigenvalue weighted by Crippen LogP contribution is 2.34. The van der Waals surface area contributed by atoms with Crippen LogP contribution >= 0.6 is 27.7 Å². The number of anilines is 1. The summed E-state index contributed by atoms with van der Waals surface area (Å²) in [6, 6.07) is 6.90. The maximum absolute atomic E-state index is 4.92. The van der Waals surface area contributed by atoms with E-state index in [1.807, 2.05) is 11.8 Å². The quantitative estimate of drug-likeness (QED) is 0.792. The van der Waals surface area contributed by atoms with Gasteiger partial charge in [-0.15, -0.1) is 0 Å². The van der Waals surface area contributed by atoms with Gasteiger partial charge >= 0.3 is 0 Å². The molecule has 1 aromatic rings. The van der Waals surface area contributed by atoms with Crippen molar-refractivity contribution in [2.75, 3.05) is 11.1 Å². The van der Waals surface area contributed by atoms with Gasteiger partial charge in [0.05, 0.1) is 6.04 Å². The first-order valence-corrected chi connectivity index (χ1v) is 8.74. The first-order valence-electron chi connectivity index (χ1n) is 6.96. The second kappa shape index (κ2) is 5.88. The summed E-state index contributed by atoms with van der Waals surface area (Å²) in [6.07, 6.45) is 5.38. The van der Waals surface area contributed by atoms with Crippen molar-refractivity contribution >= 4 is 38.5 Å². The molecule has 0 spiro atoms. The third kappa shape index (κ3) is 3.16. The third-order valence-electron chi connectivity index (χ3n) is 4.02. The Morgan fingerprint density at radius 2 is 2.16 bits per heavy atom. The number of hydrogen-bond donors (Lipinski definition) is 1. The van der Waals surface area contributed by atoms with Gasteiger partial charge in [-0.2, -0.15) is 0 Å². The van der Waals surface area contributed by atoms with Crippen LogP contribution in [0.2, 0.25) is 0 Å². The number of aryl methyl sites for hydroxylation is 1. The molecule has 0 amide bonds. The molecule has 1 aliphatic heterocycles. The second-order valence-electron chi connectivity index (χ2n) is 5.44. The summed E-state index contributed by atoms with van der Waals surface area (Å²) in [5.74, 6) is 2.04. The maximum Gasteiger partial charge on any atom is 0.161 e. The zero-order chi connectivity index (χ0) is 13.2. The van der Waals surface area contributed by atoms with Crippen LogP contribution in [0.25, 0.3) is 0 Å². The van der Waals surface area contributed by atoms with Gasteiger partial charge in [-0.3, -0.25) is 4.99 Å². The summed E-state index contributed by atoms with van der Waals surface area (Å²) in [7, 11) is 0. The van der Waals surface area contributed by atoms with E-state index < -0.39 is 0 Å². The predicted molar refractivity (Wildman–Crippen MR) is 88.1 cm³/mol. The summed E-state index contributed by atoms with van der Waals surface area (Å²) in [5.41, 5.74) is 2.42. The Bertz CT molecular complexity index is 501. The van der Waals surface area contributed by atoms with Crippen molar-refractivity contribution in [3.63, 3.8) is 0 Å². The molecule has 2 atom stereocenters. The van der Waals surface area contributed by atoms with Crippen LogP contribution in [0.15, 0.2) is 27.7 Å². The van der Waals surface area contributed by atoms with E-state index in [-0.39, 0.29) is 0 Å². The molecule has 2 aliphatic rings. The fraction of sp³-hybridized carbons (Fsp3) is 0.533. The van der Waals surface area contributed by atoms with E-state index in [0.29, 0.717) is 6.04 Å². The standard InChI is InChI=1S/C15H19BrN2S/c1-10-8-12(16)6-7-13(10)17-15-18-14-5-3-2-4-11(14)9-19-15/h6-8,11,14H,2-5,9H2,1H3,(H,17,18). The van der Waals surface area contributed by atoms with Gasteiger partial charge in [0.2, 0.25) is 0 Å². The number of halogens is 1. The Labute approximate surface area is 127 Å². The average Bonchev–Trinajstić information content (AvgIpc) is 2.42. The molecule has 0 saturated heterocycles. The zero-order valence-corrected chi connectivity index (χ0v) is 13.6. The number of nitrogens with one attached hydrogen (secondary N) is 1. The van der Waals surface area contributed by atoms with Crippen molar-refractivity contribution in [2.24, 2.45) is 10.9 Å². The first-order chi connectivity index (χ1) is 9.22. The molecule has 1 heterocycles. The molecule has 1 aromatic carbocycles. The highest BCUT2D eigenvalue weighted by Gasteiger charge is 2.29. The van der Waals surface area contributed by atoms with Gasteiger partial charge in [0.15, 0.2) is 5.17 Å². The Morgan fingerprint density at radius 3 is 3.00 bits per heavy atom. The van der Waals surface area contributed by atoms with Crippen LogP contribution in [0, 0.1) is 12.8 Å². The maximum atomic E-state index is 4.92. The molecule has 1 fully saturated rings. The van der Waals surface area contributed by atoms with Gasteiger partial charge in [-0.05, 0) is 49.4 Å². The van der Waals surface area contributed by atoms with Crippen LogP contribution in [0.1, 0.15) is 31.2 Å². The Morgan fingerprint density at radius 1 is 1.32 bits per heavy atom. The largest absolute Gasteiger partial charge is 0.335 e. The number of thioether (sulfide) groups is 1. The normalized spacial score (nSPS) is 26.5. The smallest absolute Gasteiger partial charge is 0.161 e. The Hall–Kier alpha value is -0.480. The van der Waals surface area contributed by atoms with Crippen molar-refractivity contribution in [1.82, 2.24) is 0 Å². The van der Waals surface area contributed by atoms with E-state index in [1.165, 1.54) is 42.7 Å². The monoisotopic (exact) mass is 338 g/mol. The number of rotatable bonds is 1. The molecular weight excluding hydrogens is 320 g/mol. The van der Waals surface area contributed by atoms with Crippen LogP contribution in [-0.4, -0.2) is 17.0 Å². The lowest BCUT2D eigenvalue weighted by molar-refractivity contribution is 0.336. The summed E-state index contributed by atoms with van der Waals surface area (Å²) in [4.78, 5) is 4.92. The third-order valence-corrected chi connectivity index (χ3v) is 5.59. The van der Waals surface area contributed by atoms with Gasteiger partial charge in [-0.1, -0.05) is 40.5 Å². The van der Waals surface area contributed by atoms with Crippen molar-refractivity contribution in [1.29, 1.82) is 0 Å². The molecule has 1 saturated carbocycles. The summed E-state index contributed by atoms with van der Waals surface area (Å²) < 4.78 is 1.13. The topological polar surface area (TPSA) is 24.4 Å². The molecule has 0 radical (unpaired) electrons. The summed E-state index contributed by atoms with van der Waals surface area (Å²) >= 11 is 5.39. The molecule has 1 N–H and O–H groups in total. The summed E-state index contributed by atoms with van der Waals surface area (Å²) in [6.45, 7) is 2.13. The van der Waals surface area contributed by atoms with Gasteiger partial charge in [0, 0.05) is 15.9 Å². The molecule has 102 valence electrons. The van der Waals surface area contributed by atoms with Gasteiger partial charge in [0.1, 0.15) is 0 Å². The molecule has 0 aromatic heterocycles. The van der Waals surface area contributed by atoms with Crippen LogP contribution in [0.5, 0.6) is 0 Å². The second-order valence-corrected chi connectivity index (χ2v) is 7.37. The zero-order valence-electron chi connectivity index (χ0n) is 11.2. The molecule has 2 nitrogen and oxygen atoms in total. The molecule has 3 rings (SSSR count). The fourth-order valence-corrected chi connectivity index (χ4v) is 4.51. The highest BCUT2D eigenvalue weighted by molar-refractivity contribution is 9.10. The molecule has 2 unspecified atom stereocenters. The predicted octanol–water partition coefficient (Wildman–Crippen LogP) is 4.83. The van der Waals surface area contributed by atoms with E-state index in [0.717, 1.165) is 15.6 Å². The van der Waals surface area contributed by atoms with Crippen LogP contribution in [0.4, 0.5) is 5.69 Å². The number of benzene rings is 1. The number of fused-ring (bicyclic) bond motifs is 1. The molecule has 1 aliphatic carbocycles. The lowest BCUT2D eigenvalue weighted by atomic mass is 9.86. The summed E-state index contributed by atoms with van der Waals surface area (Å²) in [5, 5.41) is 4.61. The van der Waals surface area contributed by atoms with Crippen LogP contribution in [0.3, 0.4) is 0 Å². The molecule has 4 heteroatoms. The van der Waals surface area contributed by atoms with Crippen molar-refractivity contribution in [3.8, 4) is 0 Å². The van der Waals surface area contributed by atoms with Gasteiger partial charge < -0.3 is 5.32 Å². The molecule has 19 heavy (non-hydrogen) atoms. The van der Waals surface area contributed by atoms with E-state index in [2.05, 4.69) is 46.4 Å². The minimum Gasteiger partial charge on any atom is -0.335 e. The van der Waals surface area contributed by atoms with Crippen molar-refractivity contribution in [2.45, 2.75) is 38.6 Å². The first kappa shape index (κ1) is 13.5. The Kier molecular flexibility index (Phi) is 4.18. The van der Waals surface area contributed by atoms with Crippen LogP contribution in [-0.2, 0) is 0 Å². The van der Waals surface area contributed by atoms with E-state index in [9.17, 15) is 0 Å². The Balaban J connectivity index is 1.74. The minimum atomic E-state index is 0.563. The average molecular weight is 339 g/mol. The number of hydrogen-bond acceptors (Lipinski definition) is 3. The lowest BCUT2D eigenvalue weighted by Gasteiger charge is -2.32. The van der Waals surface area contributed by atoms with E-state index in [4.69, 9.17) is 4.99 Å². The van der Waals surface area contributed by atoms with Gasteiger partial charge in [-0.25, -0.2) is 0 Å². The molecule has 0 bridgehead atoms. The van der Waals surface area contributed by atoms with Crippen molar-refractivity contribution in [3.05, 3.63) is 28.2 Å².